The molecule has 0 fully saturated rings. The van der Waals surface area contributed by atoms with E-state index in [0.29, 0.717) is 5.92 Å². The lowest BCUT2D eigenvalue weighted by atomic mass is 10.2. The fourth-order valence-corrected chi connectivity index (χ4v) is 0.954. The summed E-state index contributed by atoms with van der Waals surface area (Å²) < 4.78 is 5.48. The van der Waals surface area contributed by atoms with Gasteiger partial charge in [-0.25, -0.2) is 0 Å². The van der Waals surface area contributed by atoms with Crippen LogP contribution in [0.3, 0.4) is 0 Å². The Morgan fingerprint density at radius 2 is 2.00 bits per heavy atom. The number of rotatable bonds is 8. The van der Waals surface area contributed by atoms with Crippen molar-refractivity contribution < 1.29 is 4.74 Å². The number of hydrogen-bond acceptors (Lipinski definition) is 3. The topological polar surface area (TPSA) is 24.5 Å². The number of nitrogens with one attached hydrogen (secondary N) is 1. The predicted octanol–water partition coefficient (Wildman–Crippen LogP) is 0.810. The molecule has 0 heterocycles. The van der Waals surface area contributed by atoms with Crippen LogP contribution in [-0.2, 0) is 4.74 Å². The smallest absolute Gasteiger partial charge is 0.0593 e. The van der Waals surface area contributed by atoms with Gasteiger partial charge in [0.05, 0.1) is 6.61 Å². The molecule has 0 saturated carbocycles. The summed E-state index contributed by atoms with van der Waals surface area (Å²) in [6, 6.07) is 0. The largest absolute Gasteiger partial charge is 0.380 e. The molecule has 0 saturated heterocycles. The lowest BCUT2D eigenvalue weighted by molar-refractivity contribution is 0.0918. The first-order valence-electron chi connectivity index (χ1n) is 5.07. The maximum Gasteiger partial charge on any atom is 0.0593 e. The summed E-state index contributed by atoms with van der Waals surface area (Å²) in [7, 11) is 4.10. The second-order valence-electron chi connectivity index (χ2n) is 3.88. The molecule has 0 rings (SSSR count). The van der Waals surface area contributed by atoms with Crippen molar-refractivity contribution in [3.05, 3.63) is 0 Å². The van der Waals surface area contributed by atoms with Gasteiger partial charge in [0.1, 0.15) is 0 Å². The van der Waals surface area contributed by atoms with E-state index in [2.05, 4.69) is 31.1 Å². The predicted molar refractivity (Wildman–Crippen MR) is 57.1 cm³/mol. The summed E-state index contributed by atoms with van der Waals surface area (Å²) in [6.45, 7) is 9.21. The third-order valence-corrected chi connectivity index (χ3v) is 1.81. The van der Waals surface area contributed by atoms with Crippen molar-refractivity contribution in [3.8, 4) is 0 Å². The lowest BCUT2D eigenvalue weighted by Gasteiger charge is -2.16. The minimum absolute atomic E-state index is 0.641. The van der Waals surface area contributed by atoms with Crippen LogP contribution in [0.2, 0.25) is 0 Å². The number of likely N-dealkylation sites (N-methyl/N-ethyl adjacent to an activating group) is 2. The molecule has 3 heteroatoms. The molecule has 13 heavy (non-hydrogen) atoms. The number of hydrogen-bond donors (Lipinski definition) is 1. The first-order valence-corrected chi connectivity index (χ1v) is 5.07. The van der Waals surface area contributed by atoms with Crippen molar-refractivity contribution in [2.75, 3.05) is 46.9 Å². The molecule has 0 radical (unpaired) electrons. The van der Waals surface area contributed by atoms with E-state index < -0.39 is 0 Å². The van der Waals surface area contributed by atoms with E-state index >= 15 is 0 Å². The summed E-state index contributed by atoms with van der Waals surface area (Å²) in [4.78, 5) is 2.27. The highest BCUT2D eigenvalue weighted by molar-refractivity contribution is 4.52. The van der Waals surface area contributed by atoms with Gasteiger partial charge in [-0.15, -0.1) is 0 Å². The van der Waals surface area contributed by atoms with Crippen molar-refractivity contribution in [1.29, 1.82) is 0 Å². The van der Waals surface area contributed by atoms with Gasteiger partial charge in [0.15, 0.2) is 0 Å². The Labute approximate surface area is 82.4 Å². The monoisotopic (exact) mass is 188 g/mol. The highest BCUT2D eigenvalue weighted by Gasteiger charge is 1.97. The van der Waals surface area contributed by atoms with E-state index in [1.165, 1.54) is 0 Å². The molecule has 80 valence electrons. The Balaban J connectivity index is 3.12. The quantitative estimate of drug-likeness (QED) is 0.571. The summed E-state index contributed by atoms with van der Waals surface area (Å²) >= 11 is 0. The van der Waals surface area contributed by atoms with Gasteiger partial charge < -0.3 is 15.0 Å². The van der Waals surface area contributed by atoms with E-state index in [4.69, 9.17) is 4.74 Å². The van der Waals surface area contributed by atoms with Crippen molar-refractivity contribution >= 4 is 0 Å². The highest BCUT2D eigenvalue weighted by Crippen LogP contribution is 1.92. The molecule has 0 aromatic heterocycles. The van der Waals surface area contributed by atoms with Gasteiger partial charge in [-0.1, -0.05) is 13.8 Å². The summed E-state index contributed by atoms with van der Waals surface area (Å²) in [5.41, 5.74) is 0. The normalized spacial score (nSPS) is 11.5. The maximum absolute atomic E-state index is 5.48. The van der Waals surface area contributed by atoms with Crippen molar-refractivity contribution in [1.82, 2.24) is 10.2 Å². The van der Waals surface area contributed by atoms with Crippen LogP contribution in [0.4, 0.5) is 0 Å². The Bertz CT molecular complexity index is 107. The molecule has 0 aliphatic rings. The van der Waals surface area contributed by atoms with Gasteiger partial charge in [-0.2, -0.15) is 0 Å². The zero-order valence-corrected chi connectivity index (χ0v) is 9.47. The van der Waals surface area contributed by atoms with E-state index in [1.54, 1.807) is 0 Å². The average Bonchev–Trinajstić information content (AvgIpc) is 2.08. The molecule has 0 aliphatic heterocycles. The van der Waals surface area contributed by atoms with E-state index in [1.807, 2.05) is 7.05 Å². The van der Waals surface area contributed by atoms with Crippen LogP contribution in [0.25, 0.3) is 0 Å². The van der Waals surface area contributed by atoms with Crippen LogP contribution in [-0.4, -0.2) is 51.8 Å². The first-order chi connectivity index (χ1) is 6.16. The summed E-state index contributed by atoms with van der Waals surface area (Å²) in [5, 5.41) is 3.12. The lowest BCUT2D eigenvalue weighted by Crippen LogP contribution is -2.30. The molecule has 0 spiro atoms. The SMILES string of the molecule is CNCCN(C)CCOCC(C)C. The van der Waals surface area contributed by atoms with Crippen molar-refractivity contribution in [3.63, 3.8) is 0 Å². The molecule has 3 nitrogen and oxygen atoms in total. The van der Waals surface area contributed by atoms with Gasteiger partial charge in [-0.05, 0) is 20.0 Å². The van der Waals surface area contributed by atoms with Crippen LogP contribution in [0, 0.1) is 5.92 Å². The Kier molecular flexibility index (Phi) is 8.40. The zero-order valence-electron chi connectivity index (χ0n) is 9.47. The summed E-state index contributed by atoms with van der Waals surface area (Å²) in [6.07, 6.45) is 0. The third-order valence-electron chi connectivity index (χ3n) is 1.81. The van der Waals surface area contributed by atoms with Crippen LogP contribution >= 0.6 is 0 Å². The molecule has 0 unspecified atom stereocenters. The third kappa shape index (κ3) is 9.80. The Hall–Kier alpha value is -0.120. The minimum atomic E-state index is 0.641. The standard InChI is InChI=1S/C10H24N2O/c1-10(2)9-13-8-7-12(4)6-5-11-3/h10-11H,5-9H2,1-4H3. The van der Waals surface area contributed by atoms with Crippen LogP contribution in [0.15, 0.2) is 0 Å². The van der Waals surface area contributed by atoms with Crippen LogP contribution in [0.1, 0.15) is 13.8 Å². The molecule has 0 bridgehead atoms. The minimum Gasteiger partial charge on any atom is -0.380 e. The molecular formula is C10H24N2O. The fraction of sp³-hybridized carbons (Fsp3) is 1.00. The van der Waals surface area contributed by atoms with Crippen LogP contribution in [0.5, 0.6) is 0 Å². The first kappa shape index (κ1) is 12.9. The molecule has 0 aromatic rings. The Morgan fingerprint density at radius 3 is 2.54 bits per heavy atom. The molecule has 0 aromatic carbocycles. The average molecular weight is 188 g/mol. The number of ether oxygens (including phenoxy) is 1. The molecule has 1 N–H and O–H groups in total. The highest BCUT2D eigenvalue weighted by atomic mass is 16.5. The fourth-order valence-electron chi connectivity index (χ4n) is 0.954. The van der Waals surface area contributed by atoms with Gasteiger partial charge in [0.25, 0.3) is 0 Å². The van der Waals surface area contributed by atoms with E-state index in [9.17, 15) is 0 Å². The second-order valence-corrected chi connectivity index (χ2v) is 3.88. The van der Waals surface area contributed by atoms with Crippen molar-refractivity contribution in [2.24, 2.45) is 5.92 Å². The summed E-state index contributed by atoms with van der Waals surface area (Å²) in [5.74, 6) is 0.641. The second kappa shape index (κ2) is 8.48. The van der Waals surface area contributed by atoms with Gasteiger partial charge in [0.2, 0.25) is 0 Å². The molecule has 0 amide bonds. The van der Waals surface area contributed by atoms with Gasteiger partial charge >= 0.3 is 0 Å². The molecule has 0 atom stereocenters. The maximum atomic E-state index is 5.48. The molecular weight excluding hydrogens is 164 g/mol. The zero-order chi connectivity index (χ0) is 10.1. The van der Waals surface area contributed by atoms with Crippen LogP contribution < -0.4 is 5.32 Å². The van der Waals surface area contributed by atoms with E-state index in [-0.39, 0.29) is 0 Å². The van der Waals surface area contributed by atoms with Gasteiger partial charge in [-0.3, -0.25) is 0 Å². The number of nitrogens with zero attached hydrogens (tertiary/aromatic N) is 1. The van der Waals surface area contributed by atoms with E-state index in [0.717, 1.165) is 32.8 Å². The van der Waals surface area contributed by atoms with Gasteiger partial charge in [0, 0.05) is 26.2 Å². The Morgan fingerprint density at radius 1 is 1.31 bits per heavy atom. The van der Waals surface area contributed by atoms with Crippen molar-refractivity contribution in [2.45, 2.75) is 13.8 Å². The molecule has 0 aliphatic carbocycles.